The minimum atomic E-state index is 0.630. The number of nitriles is 1. The van der Waals surface area contributed by atoms with Gasteiger partial charge in [-0.25, -0.2) is 9.97 Å². The maximum atomic E-state index is 8.95. The summed E-state index contributed by atoms with van der Waals surface area (Å²) < 4.78 is 0. The molecule has 0 spiro atoms. The normalized spacial score (nSPS) is 14.0. The molecule has 3 rings (SSSR count). The van der Waals surface area contributed by atoms with Crippen LogP contribution in [0.4, 0.5) is 17.3 Å². The number of benzene rings is 1. The summed E-state index contributed by atoms with van der Waals surface area (Å²) in [5, 5.41) is 12.2. The Balaban J connectivity index is 1.86. The standard InChI is InChI=1S/C16H17N5/c1-12-18-15(10-16(19-12)21-7-2-3-8-21)20-14-6-4-5-13(9-14)11-17/h4-6,9-10H,2-3,7-8H2,1H3,(H,18,19,20). The van der Waals surface area contributed by atoms with E-state index in [4.69, 9.17) is 5.26 Å². The van der Waals surface area contributed by atoms with E-state index in [0.29, 0.717) is 5.56 Å². The van der Waals surface area contributed by atoms with E-state index in [9.17, 15) is 0 Å². The SMILES string of the molecule is Cc1nc(Nc2cccc(C#N)c2)cc(N2CCCC2)n1. The third kappa shape index (κ3) is 3.11. The summed E-state index contributed by atoms with van der Waals surface area (Å²) in [5.41, 5.74) is 1.49. The van der Waals surface area contributed by atoms with Crippen molar-refractivity contribution in [1.82, 2.24) is 9.97 Å². The molecule has 0 bridgehead atoms. The van der Waals surface area contributed by atoms with Gasteiger partial charge in [-0.15, -0.1) is 0 Å². The van der Waals surface area contributed by atoms with Crippen molar-refractivity contribution in [3.63, 3.8) is 0 Å². The smallest absolute Gasteiger partial charge is 0.136 e. The largest absolute Gasteiger partial charge is 0.356 e. The second-order valence-electron chi connectivity index (χ2n) is 5.17. The van der Waals surface area contributed by atoms with Gasteiger partial charge in [-0.05, 0) is 38.0 Å². The van der Waals surface area contributed by atoms with E-state index in [0.717, 1.165) is 36.2 Å². The quantitative estimate of drug-likeness (QED) is 0.935. The van der Waals surface area contributed by atoms with Crippen LogP contribution >= 0.6 is 0 Å². The van der Waals surface area contributed by atoms with Crippen LogP contribution in [0.5, 0.6) is 0 Å². The van der Waals surface area contributed by atoms with Crippen LogP contribution in [0.15, 0.2) is 30.3 Å². The van der Waals surface area contributed by atoms with Crippen molar-refractivity contribution < 1.29 is 0 Å². The molecule has 0 atom stereocenters. The predicted molar refractivity (Wildman–Crippen MR) is 82.7 cm³/mol. The van der Waals surface area contributed by atoms with Crippen molar-refractivity contribution in [3.8, 4) is 6.07 Å². The van der Waals surface area contributed by atoms with E-state index in [-0.39, 0.29) is 0 Å². The molecule has 21 heavy (non-hydrogen) atoms. The molecule has 1 aromatic carbocycles. The zero-order valence-corrected chi connectivity index (χ0v) is 12.0. The summed E-state index contributed by atoms with van der Waals surface area (Å²) in [7, 11) is 0. The van der Waals surface area contributed by atoms with E-state index < -0.39 is 0 Å². The van der Waals surface area contributed by atoms with E-state index >= 15 is 0 Å². The molecule has 106 valence electrons. The molecule has 0 aliphatic carbocycles. The lowest BCUT2D eigenvalue weighted by Gasteiger charge is -2.17. The molecule has 1 saturated heterocycles. The van der Waals surface area contributed by atoms with Crippen LogP contribution in [0.25, 0.3) is 0 Å². The molecule has 1 N–H and O–H groups in total. The van der Waals surface area contributed by atoms with Crippen LogP contribution in [0.1, 0.15) is 24.2 Å². The van der Waals surface area contributed by atoms with Crippen LogP contribution < -0.4 is 10.2 Å². The molecule has 5 heteroatoms. The van der Waals surface area contributed by atoms with Gasteiger partial charge < -0.3 is 10.2 Å². The highest BCUT2D eigenvalue weighted by atomic mass is 15.2. The Labute approximate surface area is 124 Å². The van der Waals surface area contributed by atoms with Crippen molar-refractivity contribution in [2.24, 2.45) is 0 Å². The Hall–Kier alpha value is -2.61. The van der Waals surface area contributed by atoms with Gasteiger partial charge in [-0.1, -0.05) is 6.07 Å². The van der Waals surface area contributed by atoms with Gasteiger partial charge in [0.1, 0.15) is 17.5 Å². The number of nitrogens with one attached hydrogen (secondary N) is 1. The molecular formula is C16H17N5. The van der Waals surface area contributed by atoms with Crippen LogP contribution in [-0.4, -0.2) is 23.1 Å². The summed E-state index contributed by atoms with van der Waals surface area (Å²) in [4.78, 5) is 11.2. The number of hydrogen-bond donors (Lipinski definition) is 1. The number of hydrogen-bond acceptors (Lipinski definition) is 5. The van der Waals surface area contributed by atoms with Crippen LogP contribution in [0.2, 0.25) is 0 Å². The molecule has 0 unspecified atom stereocenters. The highest BCUT2D eigenvalue weighted by molar-refractivity contribution is 5.61. The Kier molecular flexibility index (Phi) is 3.69. The Morgan fingerprint density at radius 3 is 2.76 bits per heavy atom. The fourth-order valence-corrected chi connectivity index (χ4v) is 2.54. The van der Waals surface area contributed by atoms with Gasteiger partial charge in [0.25, 0.3) is 0 Å². The number of rotatable bonds is 3. The second-order valence-corrected chi connectivity index (χ2v) is 5.17. The first kappa shape index (κ1) is 13.4. The maximum absolute atomic E-state index is 8.95. The molecule has 2 aromatic rings. The van der Waals surface area contributed by atoms with Crippen LogP contribution in [0, 0.1) is 18.3 Å². The minimum Gasteiger partial charge on any atom is -0.356 e. The van der Waals surface area contributed by atoms with Crippen molar-refractivity contribution >= 4 is 17.3 Å². The van der Waals surface area contributed by atoms with Gasteiger partial charge in [0.2, 0.25) is 0 Å². The first-order valence-corrected chi connectivity index (χ1v) is 7.12. The van der Waals surface area contributed by atoms with Gasteiger partial charge in [0, 0.05) is 24.8 Å². The number of nitrogens with zero attached hydrogens (tertiary/aromatic N) is 4. The third-order valence-corrected chi connectivity index (χ3v) is 3.52. The Morgan fingerprint density at radius 2 is 2.00 bits per heavy atom. The number of aryl methyl sites for hydroxylation is 1. The molecule has 1 aromatic heterocycles. The topological polar surface area (TPSA) is 64.8 Å². The highest BCUT2D eigenvalue weighted by Gasteiger charge is 2.15. The lowest BCUT2D eigenvalue weighted by Crippen LogP contribution is -2.19. The fraction of sp³-hybridized carbons (Fsp3) is 0.312. The maximum Gasteiger partial charge on any atom is 0.136 e. The fourth-order valence-electron chi connectivity index (χ4n) is 2.54. The zero-order valence-electron chi connectivity index (χ0n) is 12.0. The van der Waals surface area contributed by atoms with Crippen molar-refractivity contribution in [2.45, 2.75) is 19.8 Å². The van der Waals surface area contributed by atoms with Gasteiger partial charge in [-0.3, -0.25) is 0 Å². The predicted octanol–water partition coefficient (Wildman–Crippen LogP) is 3.00. The van der Waals surface area contributed by atoms with Crippen molar-refractivity contribution in [3.05, 3.63) is 41.7 Å². The molecule has 5 nitrogen and oxygen atoms in total. The molecule has 0 amide bonds. The average Bonchev–Trinajstić information content (AvgIpc) is 3.01. The number of anilines is 3. The summed E-state index contributed by atoms with van der Waals surface area (Å²) >= 11 is 0. The third-order valence-electron chi connectivity index (χ3n) is 3.52. The highest BCUT2D eigenvalue weighted by Crippen LogP contribution is 2.23. The first-order valence-electron chi connectivity index (χ1n) is 7.12. The van der Waals surface area contributed by atoms with Gasteiger partial charge in [0.05, 0.1) is 11.6 Å². The molecule has 0 radical (unpaired) electrons. The van der Waals surface area contributed by atoms with E-state index in [1.165, 1.54) is 12.8 Å². The molecule has 1 aliphatic rings. The van der Waals surface area contributed by atoms with Crippen LogP contribution in [-0.2, 0) is 0 Å². The van der Waals surface area contributed by atoms with Gasteiger partial charge in [-0.2, -0.15) is 5.26 Å². The molecule has 1 fully saturated rings. The summed E-state index contributed by atoms with van der Waals surface area (Å²) in [6, 6.07) is 11.5. The Bertz CT molecular complexity index is 683. The summed E-state index contributed by atoms with van der Waals surface area (Å²) in [6.45, 7) is 4.01. The minimum absolute atomic E-state index is 0.630. The van der Waals surface area contributed by atoms with Crippen molar-refractivity contribution in [1.29, 1.82) is 5.26 Å². The molecule has 0 saturated carbocycles. The monoisotopic (exact) mass is 279 g/mol. The molecular weight excluding hydrogens is 262 g/mol. The van der Waals surface area contributed by atoms with Crippen molar-refractivity contribution in [2.75, 3.05) is 23.3 Å². The van der Waals surface area contributed by atoms with Gasteiger partial charge in [0.15, 0.2) is 0 Å². The van der Waals surface area contributed by atoms with Gasteiger partial charge >= 0.3 is 0 Å². The summed E-state index contributed by atoms with van der Waals surface area (Å²) in [6.07, 6.45) is 2.44. The van der Waals surface area contributed by atoms with Crippen LogP contribution in [0.3, 0.4) is 0 Å². The van der Waals surface area contributed by atoms with E-state index in [2.05, 4.69) is 26.3 Å². The van der Waals surface area contributed by atoms with E-state index in [1.807, 2.05) is 31.2 Å². The first-order chi connectivity index (χ1) is 10.2. The molecule has 2 heterocycles. The average molecular weight is 279 g/mol. The lowest BCUT2D eigenvalue weighted by molar-refractivity contribution is 0.912. The zero-order chi connectivity index (χ0) is 14.7. The molecule has 1 aliphatic heterocycles. The number of aromatic nitrogens is 2. The Morgan fingerprint density at radius 1 is 1.19 bits per heavy atom. The second kappa shape index (κ2) is 5.80. The summed E-state index contributed by atoms with van der Waals surface area (Å²) in [5.74, 6) is 2.48. The lowest BCUT2D eigenvalue weighted by atomic mass is 10.2. The van der Waals surface area contributed by atoms with E-state index in [1.54, 1.807) is 6.07 Å².